The molecular formula is C12H16FNO3. The van der Waals surface area contributed by atoms with Crippen molar-refractivity contribution in [1.82, 2.24) is 5.32 Å². The minimum atomic E-state index is -1.07. The van der Waals surface area contributed by atoms with Crippen molar-refractivity contribution < 1.29 is 19.0 Å². The van der Waals surface area contributed by atoms with Gasteiger partial charge in [0.15, 0.2) is 11.6 Å². The van der Waals surface area contributed by atoms with Crippen LogP contribution in [0, 0.1) is 5.82 Å². The maximum atomic E-state index is 13.4. The molecule has 1 amide bonds. The molecule has 0 aliphatic rings. The van der Waals surface area contributed by atoms with Crippen LogP contribution in [-0.4, -0.2) is 23.7 Å². The van der Waals surface area contributed by atoms with Crippen molar-refractivity contribution in [3.63, 3.8) is 0 Å². The Kier molecular flexibility index (Phi) is 4.90. The second-order valence-electron chi connectivity index (χ2n) is 3.59. The van der Waals surface area contributed by atoms with Crippen LogP contribution in [0.2, 0.25) is 0 Å². The van der Waals surface area contributed by atoms with Gasteiger partial charge in [-0.3, -0.25) is 4.79 Å². The highest BCUT2D eigenvalue weighted by atomic mass is 19.1. The Bertz CT molecular complexity index is 393. The highest BCUT2D eigenvalue weighted by molar-refractivity contribution is 5.79. The third-order valence-electron chi connectivity index (χ3n) is 2.14. The quantitative estimate of drug-likeness (QED) is 0.815. The zero-order valence-corrected chi connectivity index (χ0v) is 9.87. The van der Waals surface area contributed by atoms with Crippen LogP contribution in [-0.2, 0) is 11.3 Å². The molecule has 0 radical (unpaired) electrons. The molecule has 1 unspecified atom stereocenters. The summed E-state index contributed by atoms with van der Waals surface area (Å²) in [6.07, 6.45) is -1.07. The summed E-state index contributed by atoms with van der Waals surface area (Å²) in [6.45, 7) is 3.71. The van der Waals surface area contributed by atoms with Crippen LogP contribution in [0.4, 0.5) is 4.39 Å². The van der Waals surface area contributed by atoms with Gasteiger partial charge >= 0.3 is 0 Å². The molecule has 0 bridgehead atoms. The van der Waals surface area contributed by atoms with Gasteiger partial charge in [-0.15, -0.1) is 0 Å². The van der Waals surface area contributed by atoms with Crippen LogP contribution in [0.3, 0.4) is 0 Å². The van der Waals surface area contributed by atoms with Crippen molar-refractivity contribution in [1.29, 1.82) is 0 Å². The summed E-state index contributed by atoms with van der Waals surface area (Å²) < 4.78 is 18.5. The fraction of sp³-hybridized carbons (Fsp3) is 0.417. The fourth-order valence-corrected chi connectivity index (χ4v) is 1.26. The van der Waals surface area contributed by atoms with E-state index in [-0.39, 0.29) is 12.3 Å². The molecule has 0 saturated carbocycles. The third kappa shape index (κ3) is 4.03. The number of ether oxygens (including phenoxy) is 1. The van der Waals surface area contributed by atoms with Crippen molar-refractivity contribution in [3.05, 3.63) is 29.6 Å². The summed E-state index contributed by atoms with van der Waals surface area (Å²) in [6, 6.07) is 4.48. The van der Waals surface area contributed by atoms with E-state index in [2.05, 4.69) is 5.32 Å². The number of aliphatic hydroxyl groups excluding tert-OH is 1. The normalized spacial score (nSPS) is 12.0. The summed E-state index contributed by atoms with van der Waals surface area (Å²) in [5, 5.41) is 11.4. The number of hydrogen-bond acceptors (Lipinski definition) is 3. The average Bonchev–Trinajstić information content (AvgIpc) is 2.29. The fourth-order valence-electron chi connectivity index (χ4n) is 1.26. The predicted molar refractivity (Wildman–Crippen MR) is 61.1 cm³/mol. The molecule has 0 aromatic heterocycles. The van der Waals surface area contributed by atoms with Crippen LogP contribution in [0.5, 0.6) is 5.75 Å². The number of amides is 1. The molecule has 4 nitrogen and oxygen atoms in total. The van der Waals surface area contributed by atoms with Crippen molar-refractivity contribution >= 4 is 5.91 Å². The van der Waals surface area contributed by atoms with Gasteiger partial charge in [-0.05, 0) is 31.5 Å². The topological polar surface area (TPSA) is 58.6 Å². The van der Waals surface area contributed by atoms with E-state index in [1.54, 1.807) is 13.0 Å². The van der Waals surface area contributed by atoms with Crippen molar-refractivity contribution in [2.75, 3.05) is 6.61 Å². The zero-order valence-electron chi connectivity index (χ0n) is 9.87. The molecule has 0 aliphatic heterocycles. The summed E-state index contributed by atoms with van der Waals surface area (Å²) in [5.41, 5.74) is 0.611. The predicted octanol–water partition coefficient (Wildman–Crippen LogP) is 1.22. The van der Waals surface area contributed by atoms with Gasteiger partial charge in [0.25, 0.3) is 0 Å². The lowest BCUT2D eigenvalue weighted by atomic mass is 10.2. The Morgan fingerprint density at radius 3 is 2.82 bits per heavy atom. The van der Waals surface area contributed by atoms with E-state index in [0.717, 1.165) is 0 Å². The number of hydrogen-bond donors (Lipinski definition) is 2. The lowest BCUT2D eigenvalue weighted by molar-refractivity contribution is -0.128. The number of carbonyl (C=O) groups excluding carboxylic acids is 1. The zero-order chi connectivity index (χ0) is 12.8. The summed E-state index contributed by atoms with van der Waals surface area (Å²) >= 11 is 0. The Morgan fingerprint density at radius 2 is 2.29 bits per heavy atom. The number of benzene rings is 1. The molecule has 94 valence electrons. The summed E-state index contributed by atoms with van der Waals surface area (Å²) in [4.78, 5) is 11.1. The monoisotopic (exact) mass is 241 g/mol. The Balaban J connectivity index is 2.61. The highest BCUT2D eigenvalue weighted by Gasteiger charge is 2.09. The van der Waals surface area contributed by atoms with E-state index in [1.165, 1.54) is 19.1 Å². The van der Waals surface area contributed by atoms with E-state index >= 15 is 0 Å². The first-order valence-corrected chi connectivity index (χ1v) is 5.41. The largest absolute Gasteiger partial charge is 0.491 e. The van der Waals surface area contributed by atoms with Gasteiger partial charge in [-0.1, -0.05) is 6.07 Å². The van der Waals surface area contributed by atoms with Crippen LogP contribution in [0.25, 0.3) is 0 Å². The Labute approximate surface area is 99.4 Å². The molecule has 0 fully saturated rings. The molecular weight excluding hydrogens is 225 g/mol. The van der Waals surface area contributed by atoms with Gasteiger partial charge in [0.2, 0.25) is 5.91 Å². The first kappa shape index (κ1) is 13.4. The minimum Gasteiger partial charge on any atom is -0.491 e. The van der Waals surface area contributed by atoms with Crippen molar-refractivity contribution in [2.24, 2.45) is 0 Å². The van der Waals surface area contributed by atoms with Crippen LogP contribution in [0.1, 0.15) is 19.4 Å². The minimum absolute atomic E-state index is 0.174. The standard InChI is InChI=1S/C12H16FNO3/c1-3-17-11-5-4-9(6-10(11)13)7-14-12(16)8(2)15/h4-6,8,15H,3,7H2,1-2H3,(H,14,16). The number of nitrogens with one attached hydrogen (secondary N) is 1. The number of rotatable bonds is 5. The molecule has 0 heterocycles. The van der Waals surface area contributed by atoms with Gasteiger partial charge in [0.1, 0.15) is 6.10 Å². The van der Waals surface area contributed by atoms with E-state index in [1.807, 2.05) is 0 Å². The van der Waals surface area contributed by atoms with Gasteiger partial charge in [0.05, 0.1) is 6.61 Å². The number of carbonyl (C=O) groups is 1. The second kappa shape index (κ2) is 6.20. The van der Waals surface area contributed by atoms with Crippen LogP contribution < -0.4 is 10.1 Å². The van der Waals surface area contributed by atoms with E-state index in [4.69, 9.17) is 9.84 Å². The first-order valence-electron chi connectivity index (χ1n) is 5.41. The van der Waals surface area contributed by atoms with Gasteiger partial charge in [-0.2, -0.15) is 0 Å². The molecule has 5 heteroatoms. The maximum absolute atomic E-state index is 13.4. The van der Waals surface area contributed by atoms with E-state index in [0.29, 0.717) is 12.2 Å². The first-order chi connectivity index (χ1) is 8.04. The van der Waals surface area contributed by atoms with Crippen LogP contribution >= 0.6 is 0 Å². The molecule has 17 heavy (non-hydrogen) atoms. The van der Waals surface area contributed by atoms with E-state index < -0.39 is 17.8 Å². The second-order valence-corrected chi connectivity index (χ2v) is 3.59. The molecule has 2 N–H and O–H groups in total. The lowest BCUT2D eigenvalue weighted by Crippen LogP contribution is -2.31. The third-order valence-corrected chi connectivity index (χ3v) is 2.14. The van der Waals surface area contributed by atoms with Gasteiger partial charge in [-0.25, -0.2) is 4.39 Å². The average molecular weight is 241 g/mol. The van der Waals surface area contributed by atoms with Crippen LogP contribution in [0.15, 0.2) is 18.2 Å². The highest BCUT2D eigenvalue weighted by Crippen LogP contribution is 2.18. The molecule has 1 atom stereocenters. The summed E-state index contributed by atoms with van der Waals surface area (Å²) in [5.74, 6) is -0.756. The molecule has 1 rings (SSSR count). The number of halogens is 1. The lowest BCUT2D eigenvalue weighted by Gasteiger charge is -2.09. The molecule has 0 spiro atoms. The number of aliphatic hydroxyl groups is 1. The van der Waals surface area contributed by atoms with Crippen molar-refractivity contribution in [3.8, 4) is 5.75 Å². The Hall–Kier alpha value is -1.62. The smallest absolute Gasteiger partial charge is 0.248 e. The summed E-state index contributed by atoms with van der Waals surface area (Å²) in [7, 11) is 0. The SMILES string of the molecule is CCOc1ccc(CNC(=O)C(C)O)cc1F. The Morgan fingerprint density at radius 1 is 1.59 bits per heavy atom. The molecule has 0 aliphatic carbocycles. The maximum Gasteiger partial charge on any atom is 0.248 e. The molecule has 0 saturated heterocycles. The molecule has 1 aromatic carbocycles. The van der Waals surface area contributed by atoms with Gasteiger partial charge < -0.3 is 15.2 Å². The van der Waals surface area contributed by atoms with Gasteiger partial charge in [0, 0.05) is 6.54 Å². The van der Waals surface area contributed by atoms with E-state index in [9.17, 15) is 9.18 Å². The molecule has 1 aromatic rings. The van der Waals surface area contributed by atoms with Crippen molar-refractivity contribution in [2.45, 2.75) is 26.5 Å².